The summed E-state index contributed by atoms with van der Waals surface area (Å²) in [6.07, 6.45) is 6.68. The van der Waals surface area contributed by atoms with Crippen LogP contribution in [-0.4, -0.2) is 25.6 Å². The first-order chi connectivity index (χ1) is 14.2. The lowest BCUT2D eigenvalue weighted by Gasteiger charge is -2.33. The molecule has 0 aliphatic heterocycles. The molecule has 0 radical (unpaired) electrons. The molecule has 1 amide bonds. The number of carbonyl (C=O) groups is 1. The van der Waals surface area contributed by atoms with E-state index in [1.807, 2.05) is 12.1 Å². The van der Waals surface area contributed by atoms with E-state index >= 15 is 0 Å². The van der Waals surface area contributed by atoms with E-state index in [4.69, 9.17) is 0 Å². The van der Waals surface area contributed by atoms with Crippen LogP contribution in [-0.2, 0) is 14.8 Å². The second-order valence-electron chi connectivity index (χ2n) is 9.87. The van der Waals surface area contributed by atoms with Gasteiger partial charge in [0.25, 0.3) is 0 Å². The molecule has 2 aliphatic rings. The molecule has 1 aromatic carbocycles. The highest BCUT2D eigenvalue weighted by Gasteiger charge is 2.30. The normalized spacial score (nSPS) is 30.2. The van der Waals surface area contributed by atoms with Crippen LogP contribution in [0.15, 0.2) is 24.3 Å². The molecule has 2 fully saturated rings. The molecule has 5 nitrogen and oxygen atoms in total. The molecule has 0 saturated heterocycles. The van der Waals surface area contributed by atoms with Crippen molar-refractivity contribution < 1.29 is 13.2 Å². The Kier molecular flexibility index (Phi) is 7.61. The molecular weight excluding hydrogens is 396 g/mol. The summed E-state index contributed by atoms with van der Waals surface area (Å²) in [5.41, 5.74) is 2.23. The molecule has 2 aliphatic carbocycles. The molecule has 2 saturated carbocycles. The van der Waals surface area contributed by atoms with Crippen molar-refractivity contribution in [3.63, 3.8) is 0 Å². The Balaban J connectivity index is 1.50. The average molecular weight is 435 g/mol. The lowest BCUT2D eigenvalue weighted by atomic mass is 9.73. The standard InChI is InChI=1S/C24H38N2O3S/c1-16(2)30(28,29)26-22-12-8-20(9-13-22)24(27)25-21-10-6-19(7-11-21)23-14-5-17(3)15-18(23)4/h6-7,10-11,16-18,20,22-23,26H,5,8-9,12-15H2,1-4H3,(H,25,27). The zero-order valence-electron chi connectivity index (χ0n) is 18.9. The minimum Gasteiger partial charge on any atom is -0.326 e. The highest BCUT2D eigenvalue weighted by Crippen LogP contribution is 2.40. The van der Waals surface area contributed by atoms with Gasteiger partial charge < -0.3 is 5.32 Å². The van der Waals surface area contributed by atoms with Crippen LogP contribution in [0.4, 0.5) is 5.69 Å². The Morgan fingerprint density at radius 2 is 1.60 bits per heavy atom. The van der Waals surface area contributed by atoms with Crippen molar-refractivity contribution in [2.24, 2.45) is 17.8 Å². The number of amides is 1. The molecule has 1 aromatic rings. The van der Waals surface area contributed by atoms with Crippen LogP contribution in [0.3, 0.4) is 0 Å². The van der Waals surface area contributed by atoms with Crippen molar-refractivity contribution in [3.8, 4) is 0 Å². The fraction of sp³-hybridized carbons (Fsp3) is 0.708. The molecule has 0 bridgehead atoms. The van der Waals surface area contributed by atoms with Gasteiger partial charge in [-0.25, -0.2) is 13.1 Å². The van der Waals surface area contributed by atoms with Gasteiger partial charge in [-0.15, -0.1) is 0 Å². The predicted octanol–water partition coefficient (Wildman–Crippen LogP) is 5.05. The maximum atomic E-state index is 12.7. The number of hydrogen-bond acceptors (Lipinski definition) is 3. The SMILES string of the molecule is CC1CCC(c2ccc(NC(=O)C3CCC(NS(=O)(=O)C(C)C)CC3)cc2)C(C)C1. The molecule has 0 heterocycles. The minimum absolute atomic E-state index is 0.0489. The minimum atomic E-state index is -3.26. The number of nitrogens with one attached hydrogen (secondary N) is 2. The van der Waals surface area contributed by atoms with E-state index in [2.05, 4.69) is 36.0 Å². The summed E-state index contributed by atoms with van der Waals surface area (Å²) in [4.78, 5) is 12.7. The molecule has 30 heavy (non-hydrogen) atoms. The Morgan fingerprint density at radius 1 is 0.967 bits per heavy atom. The van der Waals surface area contributed by atoms with E-state index in [-0.39, 0.29) is 17.9 Å². The Labute approximate surface area is 182 Å². The fourth-order valence-corrected chi connectivity index (χ4v) is 6.03. The van der Waals surface area contributed by atoms with Gasteiger partial charge in [0.15, 0.2) is 0 Å². The van der Waals surface area contributed by atoms with Crippen LogP contribution in [0, 0.1) is 17.8 Å². The summed E-state index contributed by atoms with van der Waals surface area (Å²) >= 11 is 0. The van der Waals surface area contributed by atoms with E-state index < -0.39 is 15.3 Å². The molecule has 3 rings (SSSR count). The summed E-state index contributed by atoms with van der Waals surface area (Å²) < 4.78 is 26.9. The average Bonchev–Trinajstić information content (AvgIpc) is 2.69. The third-order valence-corrected chi connectivity index (χ3v) is 8.99. The molecule has 3 unspecified atom stereocenters. The molecule has 2 N–H and O–H groups in total. The zero-order chi connectivity index (χ0) is 21.9. The highest BCUT2D eigenvalue weighted by atomic mass is 32.2. The summed E-state index contributed by atoms with van der Waals surface area (Å²) in [7, 11) is -3.26. The van der Waals surface area contributed by atoms with Crippen molar-refractivity contribution in [2.75, 3.05) is 5.32 Å². The van der Waals surface area contributed by atoms with Gasteiger partial charge in [0.2, 0.25) is 15.9 Å². The van der Waals surface area contributed by atoms with Gasteiger partial charge in [-0.2, -0.15) is 0 Å². The summed E-state index contributed by atoms with van der Waals surface area (Å²) in [5.74, 6) is 2.15. The van der Waals surface area contributed by atoms with Gasteiger partial charge in [-0.05, 0) is 87.8 Å². The van der Waals surface area contributed by atoms with Crippen LogP contribution in [0.5, 0.6) is 0 Å². The zero-order valence-corrected chi connectivity index (χ0v) is 19.7. The van der Waals surface area contributed by atoms with Gasteiger partial charge >= 0.3 is 0 Å². The highest BCUT2D eigenvalue weighted by molar-refractivity contribution is 7.90. The maximum Gasteiger partial charge on any atom is 0.227 e. The monoisotopic (exact) mass is 434 g/mol. The third kappa shape index (κ3) is 5.85. The number of sulfonamides is 1. The fourth-order valence-electron chi connectivity index (χ4n) is 5.06. The van der Waals surface area contributed by atoms with Crippen LogP contribution < -0.4 is 10.0 Å². The lowest BCUT2D eigenvalue weighted by molar-refractivity contribution is -0.120. The number of anilines is 1. The van der Waals surface area contributed by atoms with Crippen molar-refractivity contribution in [3.05, 3.63) is 29.8 Å². The summed E-state index contributed by atoms with van der Waals surface area (Å²) in [6.45, 7) is 8.07. The summed E-state index contributed by atoms with van der Waals surface area (Å²) in [6, 6.07) is 8.34. The van der Waals surface area contributed by atoms with Crippen molar-refractivity contribution >= 4 is 21.6 Å². The molecular formula is C24H38N2O3S. The van der Waals surface area contributed by atoms with Gasteiger partial charge in [-0.3, -0.25) is 4.79 Å². The Hall–Kier alpha value is -1.40. The number of rotatable bonds is 6. The quantitative estimate of drug-likeness (QED) is 0.658. The number of hydrogen-bond donors (Lipinski definition) is 2. The van der Waals surface area contributed by atoms with Gasteiger partial charge in [0, 0.05) is 17.6 Å². The van der Waals surface area contributed by atoms with Crippen LogP contribution in [0.1, 0.15) is 84.1 Å². The first-order valence-corrected chi connectivity index (χ1v) is 13.1. The Bertz CT molecular complexity index is 811. The largest absolute Gasteiger partial charge is 0.326 e. The molecule has 3 atom stereocenters. The topological polar surface area (TPSA) is 75.3 Å². The molecule has 0 aromatic heterocycles. The van der Waals surface area contributed by atoms with Gasteiger partial charge in [-0.1, -0.05) is 32.4 Å². The van der Waals surface area contributed by atoms with E-state index in [9.17, 15) is 13.2 Å². The molecule has 6 heteroatoms. The van der Waals surface area contributed by atoms with Crippen molar-refractivity contribution in [1.82, 2.24) is 4.72 Å². The second kappa shape index (κ2) is 9.82. The van der Waals surface area contributed by atoms with E-state index in [0.29, 0.717) is 37.5 Å². The number of benzene rings is 1. The second-order valence-corrected chi connectivity index (χ2v) is 12.1. The first kappa shape index (κ1) is 23.3. The van der Waals surface area contributed by atoms with E-state index in [1.165, 1.54) is 24.8 Å². The Morgan fingerprint density at radius 3 is 2.17 bits per heavy atom. The number of carbonyl (C=O) groups excluding carboxylic acids is 1. The van der Waals surface area contributed by atoms with E-state index in [1.54, 1.807) is 13.8 Å². The van der Waals surface area contributed by atoms with Crippen molar-refractivity contribution in [1.29, 1.82) is 0 Å². The van der Waals surface area contributed by atoms with Crippen LogP contribution in [0.25, 0.3) is 0 Å². The molecule has 168 valence electrons. The van der Waals surface area contributed by atoms with Crippen LogP contribution in [0.2, 0.25) is 0 Å². The smallest absolute Gasteiger partial charge is 0.227 e. The first-order valence-electron chi connectivity index (χ1n) is 11.6. The maximum absolute atomic E-state index is 12.7. The van der Waals surface area contributed by atoms with Crippen molar-refractivity contribution in [2.45, 2.75) is 89.9 Å². The predicted molar refractivity (Wildman–Crippen MR) is 123 cm³/mol. The summed E-state index contributed by atoms with van der Waals surface area (Å²) in [5, 5.41) is 2.63. The van der Waals surface area contributed by atoms with E-state index in [0.717, 1.165) is 11.6 Å². The third-order valence-electron chi connectivity index (χ3n) is 7.09. The van der Waals surface area contributed by atoms with Gasteiger partial charge in [0.1, 0.15) is 0 Å². The van der Waals surface area contributed by atoms with Crippen LogP contribution >= 0.6 is 0 Å². The molecule has 0 spiro atoms. The van der Waals surface area contributed by atoms with Gasteiger partial charge in [0.05, 0.1) is 5.25 Å². The lowest BCUT2D eigenvalue weighted by Crippen LogP contribution is -2.42.